The number of nitrogens with one attached hydrogen (secondary N) is 1. The van der Waals surface area contributed by atoms with Gasteiger partial charge in [-0.3, -0.25) is 9.67 Å². The molecular weight excluding hydrogens is 226 g/mol. The summed E-state index contributed by atoms with van der Waals surface area (Å²) < 4.78 is 7.92. The van der Waals surface area contributed by atoms with E-state index in [1.165, 1.54) is 0 Å². The maximum atomic E-state index is 9.97. The summed E-state index contributed by atoms with van der Waals surface area (Å²) in [7, 11) is 0. The molecule has 1 saturated heterocycles. The summed E-state index contributed by atoms with van der Waals surface area (Å²) in [6.45, 7) is 4.87. The van der Waals surface area contributed by atoms with Crippen LogP contribution >= 0.6 is 12.2 Å². The summed E-state index contributed by atoms with van der Waals surface area (Å²) in [6.07, 6.45) is 2.32. The van der Waals surface area contributed by atoms with Crippen LogP contribution in [0, 0.1) is 4.77 Å². The molecule has 0 aromatic carbocycles. The Morgan fingerprint density at radius 2 is 2.44 bits per heavy atom. The molecule has 1 aliphatic rings. The second kappa shape index (κ2) is 4.27. The van der Waals surface area contributed by atoms with Crippen molar-refractivity contribution in [3.05, 3.63) is 10.6 Å². The van der Waals surface area contributed by atoms with E-state index in [0.717, 1.165) is 19.4 Å². The van der Waals surface area contributed by atoms with Gasteiger partial charge in [0.05, 0.1) is 12.6 Å². The van der Waals surface area contributed by atoms with Crippen molar-refractivity contribution >= 4 is 12.2 Å². The lowest BCUT2D eigenvalue weighted by Crippen LogP contribution is -2.25. The molecule has 0 unspecified atom stereocenters. The molecule has 1 atom stereocenters. The average molecular weight is 243 g/mol. The van der Waals surface area contributed by atoms with Gasteiger partial charge in [-0.15, -0.1) is 0 Å². The zero-order chi connectivity index (χ0) is 11.8. The lowest BCUT2D eigenvalue weighted by molar-refractivity contribution is 0.0558. The van der Waals surface area contributed by atoms with Gasteiger partial charge in [-0.05, 0) is 38.9 Å². The van der Waals surface area contributed by atoms with Gasteiger partial charge in [0.15, 0.2) is 10.6 Å². The Bertz CT molecular complexity index is 412. The fraction of sp³-hybridized carbons (Fsp3) is 0.800. The van der Waals surface area contributed by atoms with Crippen molar-refractivity contribution in [3.63, 3.8) is 0 Å². The molecule has 5 nitrogen and oxygen atoms in total. The van der Waals surface area contributed by atoms with Crippen LogP contribution in [0.1, 0.15) is 32.5 Å². The molecule has 16 heavy (non-hydrogen) atoms. The van der Waals surface area contributed by atoms with E-state index in [2.05, 4.69) is 10.2 Å². The summed E-state index contributed by atoms with van der Waals surface area (Å²) >= 11 is 5.15. The van der Waals surface area contributed by atoms with Crippen molar-refractivity contribution in [2.45, 2.75) is 44.9 Å². The number of rotatable bonds is 3. The van der Waals surface area contributed by atoms with Crippen molar-refractivity contribution in [2.75, 3.05) is 6.61 Å². The second-order valence-corrected chi connectivity index (χ2v) is 5.04. The normalized spacial score (nSPS) is 21.6. The van der Waals surface area contributed by atoms with Gasteiger partial charge in [0, 0.05) is 6.61 Å². The first-order valence-electron chi connectivity index (χ1n) is 5.48. The summed E-state index contributed by atoms with van der Waals surface area (Å²) in [5, 5.41) is 16.8. The van der Waals surface area contributed by atoms with E-state index >= 15 is 0 Å². The zero-order valence-corrected chi connectivity index (χ0v) is 10.4. The molecule has 1 fully saturated rings. The number of nitrogens with zero attached hydrogens (tertiary/aromatic N) is 2. The van der Waals surface area contributed by atoms with Crippen molar-refractivity contribution in [1.82, 2.24) is 14.8 Å². The number of ether oxygens (including phenoxy) is 1. The minimum absolute atomic E-state index is 0.186. The minimum Gasteiger partial charge on any atom is -0.382 e. The standard InChI is InChI=1S/C10H17N3O2S/c1-10(2,14)8-11-12-9(16)13(8)6-7-4-3-5-15-7/h7,14H,3-6H2,1-2H3,(H,12,16)/t7-/m1/s1. The highest BCUT2D eigenvalue weighted by Gasteiger charge is 2.26. The van der Waals surface area contributed by atoms with Gasteiger partial charge >= 0.3 is 0 Å². The Hall–Kier alpha value is -0.720. The van der Waals surface area contributed by atoms with E-state index in [-0.39, 0.29) is 6.10 Å². The lowest BCUT2D eigenvalue weighted by atomic mass is 10.1. The lowest BCUT2D eigenvalue weighted by Gasteiger charge is -2.19. The SMILES string of the molecule is CC(C)(O)c1n[nH]c(=S)n1C[C@H]1CCCO1. The van der Waals surface area contributed by atoms with Crippen molar-refractivity contribution in [2.24, 2.45) is 0 Å². The number of aromatic amines is 1. The second-order valence-electron chi connectivity index (χ2n) is 4.66. The fourth-order valence-electron chi connectivity index (χ4n) is 1.95. The van der Waals surface area contributed by atoms with Crippen LogP contribution in [0.5, 0.6) is 0 Å². The third kappa shape index (κ3) is 2.34. The van der Waals surface area contributed by atoms with Crippen LogP contribution in [0.3, 0.4) is 0 Å². The van der Waals surface area contributed by atoms with Crippen molar-refractivity contribution in [3.8, 4) is 0 Å². The first kappa shape index (κ1) is 11.8. The van der Waals surface area contributed by atoms with E-state index in [4.69, 9.17) is 17.0 Å². The molecule has 0 saturated carbocycles. The Labute approximate surface area is 99.4 Å². The maximum Gasteiger partial charge on any atom is 0.195 e. The molecule has 1 aromatic heterocycles. The number of aliphatic hydroxyl groups is 1. The number of hydrogen-bond acceptors (Lipinski definition) is 4. The van der Waals surface area contributed by atoms with Gasteiger partial charge in [-0.2, -0.15) is 5.10 Å². The summed E-state index contributed by atoms with van der Waals surface area (Å²) in [5.74, 6) is 0.563. The van der Waals surface area contributed by atoms with Crippen molar-refractivity contribution < 1.29 is 9.84 Å². The van der Waals surface area contributed by atoms with E-state index in [1.54, 1.807) is 13.8 Å². The minimum atomic E-state index is -0.994. The topological polar surface area (TPSA) is 63.1 Å². The molecule has 90 valence electrons. The van der Waals surface area contributed by atoms with Crippen molar-refractivity contribution in [1.29, 1.82) is 0 Å². The smallest absolute Gasteiger partial charge is 0.195 e. The third-order valence-electron chi connectivity index (χ3n) is 2.72. The van der Waals surface area contributed by atoms with Crippen LogP contribution < -0.4 is 0 Å². The zero-order valence-electron chi connectivity index (χ0n) is 9.56. The first-order valence-corrected chi connectivity index (χ1v) is 5.89. The fourth-order valence-corrected chi connectivity index (χ4v) is 2.15. The molecule has 2 heterocycles. The monoisotopic (exact) mass is 243 g/mol. The predicted octanol–water partition coefficient (Wildman–Crippen LogP) is 1.35. The molecule has 2 N–H and O–H groups in total. The summed E-state index contributed by atoms with van der Waals surface area (Å²) in [4.78, 5) is 0. The number of aromatic nitrogens is 3. The van der Waals surface area contributed by atoms with E-state index in [9.17, 15) is 5.11 Å². The van der Waals surface area contributed by atoms with Crippen LogP contribution in [-0.2, 0) is 16.9 Å². The van der Waals surface area contributed by atoms with E-state index in [1.807, 2.05) is 4.57 Å². The van der Waals surface area contributed by atoms with Gasteiger partial charge in [0.2, 0.25) is 0 Å². The van der Waals surface area contributed by atoms with Gasteiger partial charge in [0.1, 0.15) is 5.60 Å². The van der Waals surface area contributed by atoms with Gasteiger partial charge in [0.25, 0.3) is 0 Å². The highest BCUT2D eigenvalue weighted by atomic mass is 32.1. The molecule has 0 aliphatic carbocycles. The Kier molecular flexibility index (Phi) is 3.14. The molecule has 2 rings (SSSR count). The Balaban J connectivity index is 2.25. The van der Waals surface area contributed by atoms with E-state index < -0.39 is 5.60 Å². The van der Waals surface area contributed by atoms with Gasteiger partial charge < -0.3 is 9.84 Å². The molecule has 0 bridgehead atoms. The van der Waals surface area contributed by atoms with Gasteiger partial charge in [-0.1, -0.05) is 0 Å². The molecule has 1 aromatic rings. The Morgan fingerprint density at radius 3 is 3.00 bits per heavy atom. The molecule has 6 heteroatoms. The Morgan fingerprint density at radius 1 is 1.69 bits per heavy atom. The van der Waals surface area contributed by atoms with Gasteiger partial charge in [-0.25, -0.2) is 0 Å². The number of H-pyrrole nitrogens is 1. The average Bonchev–Trinajstić information content (AvgIpc) is 2.76. The highest BCUT2D eigenvalue weighted by molar-refractivity contribution is 7.71. The summed E-state index contributed by atoms with van der Waals surface area (Å²) in [5.41, 5.74) is -0.994. The molecular formula is C10H17N3O2S. The molecule has 0 spiro atoms. The predicted molar refractivity (Wildman–Crippen MR) is 61.6 cm³/mol. The highest BCUT2D eigenvalue weighted by Crippen LogP contribution is 2.20. The van der Waals surface area contributed by atoms with Crippen LogP contribution in [0.2, 0.25) is 0 Å². The third-order valence-corrected chi connectivity index (χ3v) is 3.03. The molecule has 1 aliphatic heterocycles. The first-order chi connectivity index (χ1) is 7.48. The van der Waals surface area contributed by atoms with Crippen LogP contribution in [0.25, 0.3) is 0 Å². The van der Waals surface area contributed by atoms with Crippen LogP contribution in [0.4, 0.5) is 0 Å². The van der Waals surface area contributed by atoms with E-state index in [0.29, 0.717) is 17.1 Å². The maximum absolute atomic E-state index is 9.97. The molecule has 0 amide bonds. The quantitative estimate of drug-likeness (QED) is 0.787. The largest absolute Gasteiger partial charge is 0.382 e. The van der Waals surface area contributed by atoms with Crippen LogP contribution in [0.15, 0.2) is 0 Å². The summed E-state index contributed by atoms with van der Waals surface area (Å²) in [6, 6.07) is 0. The number of hydrogen-bond donors (Lipinski definition) is 2. The molecule has 0 radical (unpaired) electrons. The van der Waals surface area contributed by atoms with Crippen LogP contribution in [-0.4, -0.2) is 32.6 Å².